The molecule has 0 saturated heterocycles. The molecule has 0 radical (unpaired) electrons. The Bertz CT molecular complexity index is 904. The molecule has 2 aliphatic rings. The lowest BCUT2D eigenvalue weighted by atomic mass is 9.55. The van der Waals surface area contributed by atoms with Crippen LogP contribution in [0.25, 0.3) is 0 Å². The van der Waals surface area contributed by atoms with Crippen LogP contribution in [0.1, 0.15) is 0 Å². The average molecular weight is 349 g/mol. The van der Waals surface area contributed by atoms with Crippen LogP contribution in [0.5, 0.6) is 0 Å². The predicted octanol–water partition coefficient (Wildman–Crippen LogP) is 0.421. The predicted molar refractivity (Wildman–Crippen MR) is 82.3 cm³/mol. The van der Waals surface area contributed by atoms with E-state index in [1.807, 2.05) is 0 Å². The van der Waals surface area contributed by atoms with Gasteiger partial charge in [-0.2, -0.15) is 21.0 Å². The van der Waals surface area contributed by atoms with Crippen LogP contribution in [0.2, 0.25) is 0 Å². The van der Waals surface area contributed by atoms with Gasteiger partial charge < -0.3 is 14.4 Å². The first-order valence-electron chi connectivity index (χ1n) is 7.14. The molecule has 2 aliphatic heterocycles. The summed E-state index contributed by atoms with van der Waals surface area (Å²) in [7, 11) is 2.04. The molecule has 0 N–H and O–H groups in total. The number of methoxy groups -OCH3 is 2. The smallest absolute Gasteiger partial charge is 0.355 e. The van der Waals surface area contributed by atoms with E-state index >= 15 is 0 Å². The Hall–Kier alpha value is -4.08. The van der Waals surface area contributed by atoms with Crippen LogP contribution in [-0.4, -0.2) is 37.1 Å². The second-order valence-corrected chi connectivity index (χ2v) is 5.29. The molecule has 0 bridgehead atoms. The Morgan fingerprint density at radius 3 is 2.04 bits per heavy atom. The number of hydrogen-bond acceptors (Lipinski definition) is 9. The maximum atomic E-state index is 12.4. The monoisotopic (exact) mass is 349 g/mol. The number of carbonyl (C=O) groups is 2. The number of nitrogens with zero attached hydrogens (tertiary/aromatic N) is 5. The van der Waals surface area contributed by atoms with Gasteiger partial charge in [0.1, 0.15) is 11.3 Å². The van der Waals surface area contributed by atoms with E-state index in [1.54, 1.807) is 24.3 Å². The number of allylic oxidation sites excluding steroid dienone is 2. The number of hydrogen-bond donors (Lipinski definition) is 0. The van der Waals surface area contributed by atoms with Gasteiger partial charge in [-0.1, -0.05) is 12.2 Å². The molecule has 0 aromatic heterocycles. The molecule has 2 rings (SSSR count). The topological polar surface area (TPSA) is 151 Å². The van der Waals surface area contributed by atoms with Crippen LogP contribution in [0.4, 0.5) is 0 Å². The Balaban J connectivity index is 3.11. The molecule has 9 heteroatoms. The summed E-state index contributed by atoms with van der Waals surface area (Å²) in [6, 6.07) is 5.48. The summed E-state index contributed by atoms with van der Waals surface area (Å²) in [4.78, 5) is 26.0. The molecule has 26 heavy (non-hydrogen) atoms. The van der Waals surface area contributed by atoms with Crippen molar-refractivity contribution in [2.75, 3.05) is 14.2 Å². The zero-order valence-electron chi connectivity index (χ0n) is 13.8. The van der Waals surface area contributed by atoms with Gasteiger partial charge in [-0.25, -0.2) is 9.59 Å². The van der Waals surface area contributed by atoms with Gasteiger partial charge in [0, 0.05) is 6.20 Å². The maximum absolute atomic E-state index is 12.4. The van der Waals surface area contributed by atoms with Crippen molar-refractivity contribution in [3.8, 4) is 24.3 Å². The summed E-state index contributed by atoms with van der Waals surface area (Å²) in [6.07, 6.45) is 5.75. The van der Waals surface area contributed by atoms with E-state index in [1.165, 1.54) is 24.4 Å². The van der Waals surface area contributed by atoms with E-state index < -0.39 is 40.1 Å². The van der Waals surface area contributed by atoms with Crippen molar-refractivity contribution in [3.05, 3.63) is 35.7 Å². The van der Waals surface area contributed by atoms with Gasteiger partial charge >= 0.3 is 11.9 Å². The van der Waals surface area contributed by atoms with Gasteiger partial charge in [-0.15, -0.1) is 0 Å². The summed E-state index contributed by atoms with van der Waals surface area (Å²) in [5.41, 5.74) is -6.03. The molecular formula is C17H11N5O4. The third kappa shape index (κ3) is 1.99. The van der Waals surface area contributed by atoms with E-state index in [-0.39, 0.29) is 0 Å². The zero-order chi connectivity index (χ0) is 19.5. The van der Waals surface area contributed by atoms with Gasteiger partial charge in [-0.05, 0) is 6.08 Å². The number of esters is 2. The minimum Gasteiger partial charge on any atom is -0.466 e. The van der Waals surface area contributed by atoms with Crippen LogP contribution >= 0.6 is 0 Å². The molecule has 1 unspecified atom stereocenters. The van der Waals surface area contributed by atoms with Crippen molar-refractivity contribution in [1.82, 2.24) is 4.90 Å². The van der Waals surface area contributed by atoms with Gasteiger partial charge in [0.25, 0.3) is 0 Å². The highest BCUT2D eigenvalue weighted by molar-refractivity contribution is 6.03. The Morgan fingerprint density at radius 1 is 1.00 bits per heavy atom. The third-order valence-corrected chi connectivity index (χ3v) is 4.31. The molecule has 0 amide bonds. The Morgan fingerprint density at radius 2 is 1.58 bits per heavy atom. The van der Waals surface area contributed by atoms with Crippen LogP contribution < -0.4 is 0 Å². The maximum Gasteiger partial charge on any atom is 0.355 e. The lowest BCUT2D eigenvalue weighted by molar-refractivity contribution is -0.142. The molecule has 0 saturated carbocycles. The first-order valence-corrected chi connectivity index (χ1v) is 7.14. The molecule has 0 spiro atoms. The zero-order valence-corrected chi connectivity index (χ0v) is 13.8. The fraction of sp³-hybridized carbons (Fsp3) is 0.294. The first-order chi connectivity index (χ1) is 12.4. The summed E-state index contributed by atoms with van der Waals surface area (Å²) in [5, 5.41) is 39.1. The fourth-order valence-corrected chi connectivity index (χ4v) is 3.08. The molecular weight excluding hydrogens is 338 g/mol. The van der Waals surface area contributed by atoms with Crippen LogP contribution in [0.15, 0.2) is 35.7 Å². The normalized spacial score (nSPS) is 21.3. The Kier molecular flexibility index (Phi) is 4.52. The lowest BCUT2D eigenvalue weighted by Crippen LogP contribution is -2.60. The number of ether oxygens (including phenoxy) is 2. The number of nitriles is 4. The van der Waals surface area contributed by atoms with Crippen LogP contribution in [0, 0.1) is 56.2 Å². The van der Waals surface area contributed by atoms with Crippen molar-refractivity contribution in [3.63, 3.8) is 0 Å². The van der Waals surface area contributed by atoms with Crippen molar-refractivity contribution >= 4 is 11.9 Å². The number of carbonyl (C=O) groups excluding carboxylic acids is 2. The van der Waals surface area contributed by atoms with Crippen LogP contribution in [-0.2, 0) is 19.1 Å². The van der Waals surface area contributed by atoms with Crippen LogP contribution in [0.3, 0.4) is 0 Å². The highest BCUT2D eigenvalue weighted by atomic mass is 16.5. The Labute approximate surface area is 148 Å². The van der Waals surface area contributed by atoms with E-state index in [4.69, 9.17) is 4.74 Å². The minimum atomic E-state index is -2.58. The highest BCUT2D eigenvalue weighted by Gasteiger charge is 2.68. The molecule has 0 aromatic carbocycles. The van der Waals surface area contributed by atoms with E-state index in [2.05, 4.69) is 4.74 Å². The standard InChI is InChI=1S/C17H11N5O4/c1-25-14(23)12-13(15(24)26-2)22-6-4-3-5-11(22)16(7-18,8-19)17(12,9-20)10-21/h3-6,11H,1-2H3. The van der Waals surface area contributed by atoms with Crippen molar-refractivity contribution in [1.29, 1.82) is 21.0 Å². The quantitative estimate of drug-likeness (QED) is 0.646. The molecule has 1 atom stereocenters. The second kappa shape index (κ2) is 6.43. The van der Waals surface area contributed by atoms with Gasteiger partial charge in [0.15, 0.2) is 0 Å². The van der Waals surface area contributed by atoms with E-state index in [0.717, 1.165) is 19.1 Å². The van der Waals surface area contributed by atoms with Crippen molar-refractivity contribution < 1.29 is 19.1 Å². The van der Waals surface area contributed by atoms with Crippen molar-refractivity contribution in [2.45, 2.75) is 6.04 Å². The average Bonchev–Trinajstić information content (AvgIpc) is 2.70. The minimum absolute atomic E-state index is 0.436. The van der Waals surface area contributed by atoms with Crippen molar-refractivity contribution in [2.24, 2.45) is 10.8 Å². The first kappa shape index (κ1) is 18.3. The van der Waals surface area contributed by atoms with Gasteiger partial charge in [-0.3, -0.25) is 0 Å². The number of rotatable bonds is 2. The molecule has 128 valence electrons. The summed E-state index contributed by atoms with van der Waals surface area (Å²) < 4.78 is 9.33. The third-order valence-electron chi connectivity index (χ3n) is 4.31. The van der Waals surface area contributed by atoms with E-state index in [9.17, 15) is 30.6 Å². The molecule has 9 nitrogen and oxygen atoms in total. The lowest BCUT2D eigenvalue weighted by Gasteiger charge is -2.47. The molecule has 0 fully saturated rings. The number of fused-ring (bicyclic) bond motifs is 1. The molecule has 0 aromatic rings. The second-order valence-electron chi connectivity index (χ2n) is 5.29. The summed E-state index contributed by atoms with van der Waals surface area (Å²) in [6.45, 7) is 0. The van der Waals surface area contributed by atoms with Gasteiger partial charge in [0.05, 0.1) is 44.5 Å². The largest absolute Gasteiger partial charge is 0.466 e. The summed E-state index contributed by atoms with van der Waals surface area (Å²) >= 11 is 0. The summed E-state index contributed by atoms with van der Waals surface area (Å²) in [5.74, 6) is -2.21. The van der Waals surface area contributed by atoms with Gasteiger partial charge in [0.2, 0.25) is 10.8 Å². The molecule has 2 heterocycles. The fourth-order valence-electron chi connectivity index (χ4n) is 3.08. The molecule has 0 aliphatic carbocycles. The van der Waals surface area contributed by atoms with E-state index in [0.29, 0.717) is 0 Å². The highest BCUT2D eigenvalue weighted by Crippen LogP contribution is 2.54. The SMILES string of the molecule is COC(=O)C1=C(C(=O)OC)C(C#N)(C#N)C(C#N)(C#N)C2C=CC=CN12.